The van der Waals surface area contributed by atoms with Gasteiger partial charge in [0.1, 0.15) is 5.76 Å². The van der Waals surface area contributed by atoms with Gasteiger partial charge in [0, 0.05) is 11.1 Å². The maximum atomic E-state index is 12.3. The molecule has 1 unspecified atom stereocenters. The molecule has 0 radical (unpaired) electrons. The second-order valence-corrected chi connectivity index (χ2v) is 4.11. The van der Waals surface area contributed by atoms with Gasteiger partial charge < -0.3 is 4.74 Å². The second kappa shape index (κ2) is 3.63. The standard InChI is InChI=1S/C14H12O2/c15-14-11-6-2-1-5-10(11)9-16-13-8-4-3-7-12(13)14/h1-2,4-6,8-9,11H,3,7H2. The lowest BCUT2D eigenvalue weighted by atomic mass is 9.86. The summed E-state index contributed by atoms with van der Waals surface area (Å²) in [6.45, 7) is 0. The predicted octanol–water partition coefficient (Wildman–Crippen LogP) is 2.82. The summed E-state index contributed by atoms with van der Waals surface area (Å²) >= 11 is 0. The van der Waals surface area contributed by atoms with Gasteiger partial charge in [-0.3, -0.25) is 4.79 Å². The van der Waals surface area contributed by atoms with Crippen LogP contribution in [0.2, 0.25) is 0 Å². The van der Waals surface area contributed by atoms with Gasteiger partial charge in [-0.1, -0.05) is 30.4 Å². The van der Waals surface area contributed by atoms with E-state index in [9.17, 15) is 4.79 Å². The summed E-state index contributed by atoms with van der Waals surface area (Å²) in [4.78, 5) is 12.3. The van der Waals surface area contributed by atoms with Crippen molar-refractivity contribution < 1.29 is 9.53 Å². The molecule has 0 bridgehead atoms. The predicted molar refractivity (Wildman–Crippen MR) is 61.3 cm³/mol. The zero-order valence-corrected chi connectivity index (χ0v) is 8.85. The number of rotatable bonds is 0. The van der Waals surface area contributed by atoms with Gasteiger partial charge >= 0.3 is 0 Å². The molecule has 2 aliphatic carbocycles. The van der Waals surface area contributed by atoms with Gasteiger partial charge in [0.15, 0.2) is 5.78 Å². The highest BCUT2D eigenvalue weighted by Crippen LogP contribution is 2.32. The van der Waals surface area contributed by atoms with Gasteiger partial charge in [-0.05, 0) is 18.9 Å². The van der Waals surface area contributed by atoms with E-state index in [4.69, 9.17) is 4.74 Å². The van der Waals surface area contributed by atoms with Crippen LogP contribution < -0.4 is 0 Å². The molecule has 0 saturated heterocycles. The third-order valence-corrected chi connectivity index (χ3v) is 3.09. The van der Waals surface area contributed by atoms with Gasteiger partial charge in [-0.25, -0.2) is 0 Å². The molecular formula is C14H12O2. The second-order valence-electron chi connectivity index (χ2n) is 4.11. The number of Topliss-reactive ketones (excluding diaryl/α,β-unsaturated/α-hetero) is 1. The van der Waals surface area contributed by atoms with E-state index in [1.54, 1.807) is 6.26 Å². The van der Waals surface area contributed by atoms with E-state index < -0.39 is 0 Å². The molecule has 0 N–H and O–H groups in total. The van der Waals surface area contributed by atoms with Crippen molar-refractivity contribution in [3.05, 3.63) is 59.6 Å². The van der Waals surface area contributed by atoms with Crippen LogP contribution in [0.5, 0.6) is 0 Å². The van der Waals surface area contributed by atoms with Crippen molar-refractivity contribution >= 4 is 5.78 Å². The lowest BCUT2D eigenvalue weighted by Crippen LogP contribution is -2.17. The Kier molecular flexibility index (Phi) is 2.13. The van der Waals surface area contributed by atoms with Crippen molar-refractivity contribution in [2.24, 2.45) is 5.92 Å². The first kappa shape index (κ1) is 9.40. The molecule has 3 rings (SSSR count). The molecule has 0 saturated carbocycles. The highest BCUT2D eigenvalue weighted by molar-refractivity contribution is 6.02. The van der Waals surface area contributed by atoms with E-state index in [1.807, 2.05) is 36.5 Å². The maximum Gasteiger partial charge on any atom is 0.173 e. The molecule has 2 nitrogen and oxygen atoms in total. The molecule has 3 aliphatic rings. The molecule has 1 aliphatic heterocycles. The van der Waals surface area contributed by atoms with Gasteiger partial charge in [0.05, 0.1) is 12.2 Å². The van der Waals surface area contributed by atoms with E-state index in [0.29, 0.717) is 0 Å². The summed E-state index contributed by atoms with van der Waals surface area (Å²) < 4.78 is 5.57. The molecule has 0 aromatic heterocycles. The Morgan fingerprint density at radius 2 is 2.19 bits per heavy atom. The number of carbonyl (C=O) groups is 1. The Bertz CT molecular complexity index is 487. The quantitative estimate of drug-likeness (QED) is 0.617. The highest BCUT2D eigenvalue weighted by Gasteiger charge is 2.29. The van der Waals surface area contributed by atoms with Gasteiger partial charge in [0.25, 0.3) is 0 Å². The van der Waals surface area contributed by atoms with Crippen molar-refractivity contribution in [1.82, 2.24) is 0 Å². The fourth-order valence-electron chi connectivity index (χ4n) is 2.22. The fourth-order valence-corrected chi connectivity index (χ4v) is 2.22. The third kappa shape index (κ3) is 1.38. The molecular weight excluding hydrogens is 200 g/mol. The average Bonchev–Trinajstić information content (AvgIpc) is 2.49. The Balaban J connectivity index is 2.06. The van der Waals surface area contributed by atoms with E-state index >= 15 is 0 Å². The zero-order valence-electron chi connectivity index (χ0n) is 8.85. The first-order valence-corrected chi connectivity index (χ1v) is 5.52. The first-order valence-electron chi connectivity index (χ1n) is 5.52. The van der Waals surface area contributed by atoms with Crippen LogP contribution in [0.3, 0.4) is 0 Å². The summed E-state index contributed by atoms with van der Waals surface area (Å²) in [6.07, 6.45) is 15.1. The molecule has 1 atom stereocenters. The minimum Gasteiger partial charge on any atom is -0.464 e. The largest absolute Gasteiger partial charge is 0.464 e. The maximum absolute atomic E-state index is 12.3. The van der Waals surface area contributed by atoms with Crippen LogP contribution >= 0.6 is 0 Å². The van der Waals surface area contributed by atoms with Crippen LogP contribution in [0, 0.1) is 5.92 Å². The average molecular weight is 212 g/mol. The molecule has 0 amide bonds. The van der Waals surface area contributed by atoms with Crippen LogP contribution in [-0.4, -0.2) is 5.78 Å². The summed E-state index contributed by atoms with van der Waals surface area (Å²) in [5.41, 5.74) is 1.77. The van der Waals surface area contributed by atoms with Crippen LogP contribution in [-0.2, 0) is 9.53 Å². The van der Waals surface area contributed by atoms with Gasteiger partial charge in [-0.15, -0.1) is 0 Å². The van der Waals surface area contributed by atoms with Crippen molar-refractivity contribution in [2.75, 3.05) is 0 Å². The number of allylic oxidation sites excluding steroid dienone is 8. The Labute approximate surface area is 94.3 Å². The molecule has 16 heavy (non-hydrogen) atoms. The van der Waals surface area contributed by atoms with E-state index in [2.05, 4.69) is 0 Å². The number of carbonyl (C=O) groups excluding carboxylic acids is 1. The van der Waals surface area contributed by atoms with Crippen LogP contribution in [0.4, 0.5) is 0 Å². The smallest absolute Gasteiger partial charge is 0.173 e. The first-order chi connectivity index (χ1) is 7.86. The van der Waals surface area contributed by atoms with Crippen molar-refractivity contribution in [3.63, 3.8) is 0 Å². The minimum atomic E-state index is -0.149. The summed E-state index contributed by atoms with van der Waals surface area (Å²) in [6, 6.07) is 0. The SMILES string of the molecule is O=C1C2=C(C=CCC2)OC=C2C=CC=CC12. The van der Waals surface area contributed by atoms with Crippen LogP contribution in [0.25, 0.3) is 0 Å². The zero-order chi connectivity index (χ0) is 11.0. The van der Waals surface area contributed by atoms with Gasteiger partial charge in [0.2, 0.25) is 0 Å². The van der Waals surface area contributed by atoms with Crippen molar-refractivity contribution in [2.45, 2.75) is 12.8 Å². The molecule has 2 heteroatoms. The number of hydrogen-bond donors (Lipinski definition) is 0. The number of hydrogen-bond acceptors (Lipinski definition) is 2. The van der Waals surface area contributed by atoms with Crippen molar-refractivity contribution in [1.29, 1.82) is 0 Å². The fraction of sp³-hybridized carbons (Fsp3) is 0.214. The molecule has 0 fully saturated rings. The molecule has 0 spiro atoms. The highest BCUT2D eigenvalue weighted by atomic mass is 16.5. The third-order valence-electron chi connectivity index (χ3n) is 3.09. The molecule has 80 valence electrons. The Morgan fingerprint density at radius 1 is 1.25 bits per heavy atom. The lowest BCUT2D eigenvalue weighted by Gasteiger charge is -2.15. The van der Waals surface area contributed by atoms with E-state index in [-0.39, 0.29) is 11.7 Å². The number of ketones is 1. The molecule has 0 aromatic carbocycles. The van der Waals surface area contributed by atoms with Crippen molar-refractivity contribution in [3.8, 4) is 0 Å². The molecule has 0 aromatic rings. The summed E-state index contributed by atoms with van der Waals surface area (Å²) in [5.74, 6) is 0.757. The minimum absolute atomic E-state index is 0.149. The summed E-state index contributed by atoms with van der Waals surface area (Å²) in [5, 5.41) is 0. The van der Waals surface area contributed by atoms with Gasteiger partial charge in [-0.2, -0.15) is 0 Å². The monoisotopic (exact) mass is 212 g/mol. The van der Waals surface area contributed by atoms with Crippen LogP contribution in [0.1, 0.15) is 12.8 Å². The van der Waals surface area contributed by atoms with Crippen LogP contribution in [0.15, 0.2) is 59.6 Å². The number of fused-ring (bicyclic) bond motifs is 1. The summed E-state index contributed by atoms with van der Waals surface area (Å²) in [7, 11) is 0. The molecule has 1 heterocycles. The van der Waals surface area contributed by atoms with E-state index in [0.717, 1.165) is 29.7 Å². The number of ether oxygens (including phenoxy) is 1. The lowest BCUT2D eigenvalue weighted by molar-refractivity contribution is -0.117. The normalized spacial score (nSPS) is 26.9. The Morgan fingerprint density at radius 3 is 3.12 bits per heavy atom. The Hall–Kier alpha value is -1.83. The van der Waals surface area contributed by atoms with E-state index in [1.165, 1.54) is 0 Å². The topological polar surface area (TPSA) is 26.3 Å².